The zero-order chi connectivity index (χ0) is 15.5. The molecule has 0 aliphatic carbocycles. The number of carboxylic acid groups (broad SMARTS) is 1. The summed E-state index contributed by atoms with van der Waals surface area (Å²) in [7, 11) is 0. The van der Waals surface area contributed by atoms with Crippen molar-refractivity contribution < 1.29 is 24.2 Å². The maximum absolute atomic E-state index is 11.6. The molecule has 0 saturated heterocycles. The Morgan fingerprint density at radius 1 is 1.25 bits per heavy atom. The van der Waals surface area contributed by atoms with Gasteiger partial charge in [-0.1, -0.05) is 0 Å². The van der Waals surface area contributed by atoms with E-state index in [1.165, 1.54) is 4.90 Å². The fourth-order valence-electron chi connectivity index (χ4n) is 1.46. The average Bonchev–Trinajstić information content (AvgIpc) is 2.25. The minimum Gasteiger partial charge on any atom is -0.480 e. The highest BCUT2D eigenvalue weighted by Gasteiger charge is 2.15. The second-order valence-electron chi connectivity index (χ2n) is 4.63. The summed E-state index contributed by atoms with van der Waals surface area (Å²) >= 11 is 0. The van der Waals surface area contributed by atoms with Crippen molar-refractivity contribution >= 4 is 17.8 Å². The highest BCUT2D eigenvalue weighted by atomic mass is 16.5. The van der Waals surface area contributed by atoms with Crippen LogP contribution in [0.2, 0.25) is 0 Å². The number of nitrogens with two attached hydrogens (primary N) is 1. The molecule has 0 unspecified atom stereocenters. The molecule has 0 rings (SSSR count). The molecule has 20 heavy (non-hydrogen) atoms. The third kappa shape index (κ3) is 11.4. The summed E-state index contributed by atoms with van der Waals surface area (Å²) in [5.74, 6) is -2.15. The summed E-state index contributed by atoms with van der Waals surface area (Å²) in [5.41, 5.74) is 4.99. The third-order valence-corrected chi connectivity index (χ3v) is 2.20. The molecule has 2 amide bonds. The minimum atomic E-state index is -1.12. The first-order valence-corrected chi connectivity index (χ1v) is 6.42. The zero-order valence-corrected chi connectivity index (χ0v) is 11.9. The normalized spacial score (nSPS) is 10.8. The van der Waals surface area contributed by atoms with E-state index in [-0.39, 0.29) is 25.1 Å². The Bertz CT molecular complexity index is 317. The number of hydrogen-bond acceptors (Lipinski definition) is 5. The lowest BCUT2D eigenvalue weighted by Crippen LogP contribution is -2.44. The van der Waals surface area contributed by atoms with E-state index < -0.39 is 18.4 Å². The van der Waals surface area contributed by atoms with E-state index in [4.69, 9.17) is 15.6 Å². The molecule has 0 aliphatic rings. The molecule has 0 fully saturated rings. The molecule has 0 aromatic rings. The van der Waals surface area contributed by atoms with Gasteiger partial charge < -0.3 is 20.9 Å². The summed E-state index contributed by atoms with van der Waals surface area (Å²) in [6, 6.07) is 0. The van der Waals surface area contributed by atoms with Gasteiger partial charge in [-0.15, -0.1) is 0 Å². The van der Waals surface area contributed by atoms with Crippen LogP contribution in [0.3, 0.4) is 0 Å². The fourth-order valence-corrected chi connectivity index (χ4v) is 1.46. The molecular weight excluding hydrogens is 266 g/mol. The highest BCUT2D eigenvalue weighted by molar-refractivity contribution is 5.81. The van der Waals surface area contributed by atoms with Crippen LogP contribution in [0.1, 0.15) is 20.3 Å². The molecule has 0 saturated carbocycles. The van der Waals surface area contributed by atoms with Crippen molar-refractivity contribution in [3.63, 3.8) is 0 Å². The van der Waals surface area contributed by atoms with Gasteiger partial charge in [0.05, 0.1) is 25.7 Å². The van der Waals surface area contributed by atoms with Gasteiger partial charge in [0.25, 0.3) is 0 Å². The van der Waals surface area contributed by atoms with Crippen LogP contribution in [-0.4, -0.2) is 66.7 Å². The number of rotatable bonds is 11. The first-order valence-electron chi connectivity index (χ1n) is 6.42. The third-order valence-electron chi connectivity index (χ3n) is 2.20. The van der Waals surface area contributed by atoms with Crippen LogP contribution in [0, 0.1) is 0 Å². The molecular formula is C12H23N3O5. The molecule has 0 radical (unpaired) electrons. The summed E-state index contributed by atoms with van der Waals surface area (Å²) in [6.07, 6.45) is 0.811. The van der Waals surface area contributed by atoms with Crippen molar-refractivity contribution in [3.8, 4) is 0 Å². The van der Waals surface area contributed by atoms with Crippen LogP contribution in [-0.2, 0) is 19.1 Å². The SMILES string of the molecule is CC(C)OCCCNC(=O)CN(CC(N)=O)CC(=O)O. The van der Waals surface area contributed by atoms with E-state index in [2.05, 4.69) is 5.32 Å². The van der Waals surface area contributed by atoms with Crippen molar-refractivity contribution in [1.82, 2.24) is 10.2 Å². The number of nitrogens with one attached hydrogen (secondary N) is 1. The van der Waals surface area contributed by atoms with Crippen LogP contribution in [0.15, 0.2) is 0 Å². The number of nitrogens with zero attached hydrogens (tertiary/aromatic N) is 1. The maximum atomic E-state index is 11.6. The largest absolute Gasteiger partial charge is 0.480 e. The van der Waals surface area contributed by atoms with E-state index in [1.54, 1.807) is 0 Å². The Morgan fingerprint density at radius 2 is 1.90 bits per heavy atom. The van der Waals surface area contributed by atoms with Gasteiger partial charge >= 0.3 is 5.97 Å². The molecule has 0 atom stereocenters. The Morgan fingerprint density at radius 3 is 2.40 bits per heavy atom. The summed E-state index contributed by atoms with van der Waals surface area (Å²) < 4.78 is 5.31. The predicted octanol–water partition coefficient (Wildman–Crippen LogP) is -1.21. The lowest BCUT2D eigenvalue weighted by atomic mass is 10.4. The van der Waals surface area contributed by atoms with Gasteiger partial charge in [0, 0.05) is 13.2 Å². The predicted molar refractivity (Wildman–Crippen MR) is 72.0 cm³/mol. The molecule has 8 heteroatoms. The quantitative estimate of drug-likeness (QED) is 0.410. The number of amides is 2. The molecule has 0 aromatic heterocycles. The monoisotopic (exact) mass is 289 g/mol. The first kappa shape index (κ1) is 18.3. The van der Waals surface area contributed by atoms with Crippen LogP contribution >= 0.6 is 0 Å². The Balaban J connectivity index is 3.94. The second kappa shape index (κ2) is 10.2. The lowest BCUT2D eigenvalue weighted by molar-refractivity contribution is -0.139. The molecule has 0 aromatic carbocycles. The minimum absolute atomic E-state index is 0.146. The van der Waals surface area contributed by atoms with E-state index in [1.807, 2.05) is 13.8 Å². The molecule has 0 spiro atoms. The zero-order valence-electron chi connectivity index (χ0n) is 11.9. The van der Waals surface area contributed by atoms with Crippen LogP contribution in [0.4, 0.5) is 0 Å². The van der Waals surface area contributed by atoms with Crippen molar-refractivity contribution in [1.29, 1.82) is 0 Å². The second-order valence-corrected chi connectivity index (χ2v) is 4.63. The number of carbonyl (C=O) groups is 3. The van der Waals surface area contributed by atoms with Crippen LogP contribution in [0.5, 0.6) is 0 Å². The molecule has 116 valence electrons. The van der Waals surface area contributed by atoms with Crippen molar-refractivity contribution in [3.05, 3.63) is 0 Å². The Hall–Kier alpha value is -1.67. The number of primary amides is 1. The number of carboxylic acids is 1. The van der Waals surface area contributed by atoms with E-state index >= 15 is 0 Å². The standard InChI is InChI=1S/C12H23N3O5/c1-9(2)20-5-3-4-14-11(17)7-15(6-10(13)16)8-12(18)19/h9H,3-8H2,1-2H3,(H2,13,16)(H,14,17)(H,18,19). The van der Waals surface area contributed by atoms with Crippen LogP contribution in [0.25, 0.3) is 0 Å². The van der Waals surface area contributed by atoms with Crippen LogP contribution < -0.4 is 11.1 Å². The van der Waals surface area contributed by atoms with Gasteiger partial charge in [-0.2, -0.15) is 0 Å². The molecule has 0 bridgehead atoms. The number of hydrogen-bond donors (Lipinski definition) is 3. The fraction of sp³-hybridized carbons (Fsp3) is 0.750. The van der Waals surface area contributed by atoms with Gasteiger partial charge in [-0.25, -0.2) is 0 Å². The van der Waals surface area contributed by atoms with Crippen molar-refractivity contribution in [2.45, 2.75) is 26.4 Å². The molecule has 0 aliphatic heterocycles. The smallest absolute Gasteiger partial charge is 0.317 e. The topological polar surface area (TPSA) is 122 Å². The first-order chi connectivity index (χ1) is 9.31. The summed E-state index contributed by atoms with van der Waals surface area (Å²) in [4.78, 5) is 34.1. The Kier molecular flexibility index (Phi) is 9.31. The van der Waals surface area contributed by atoms with Crippen molar-refractivity contribution in [2.75, 3.05) is 32.8 Å². The van der Waals surface area contributed by atoms with Gasteiger partial charge in [-0.3, -0.25) is 19.3 Å². The Labute approximate surface area is 118 Å². The van der Waals surface area contributed by atoms with E-state index in [0.29, 0.717) is 19.6 Å². The number of aliphatic carboxylic acids is 1. The van der Waals surface area contributed by atoms with Crippen molar-refractivity contribution in [2.24, 2.45) is 5.73 Å². The highest BCUT2D eigenvalue weighted by Crippen LogP contribution is 1.91. The number of ether oxygens (including phenoxy) is 1. The lowest BCUT2D eigenvalue weighted by Gasteiger charge is -2.17. The molecule has 0 heterocycles. The van der Waals surface area contributed by atoms with Gasteiger partial charge in [0.2, 0.25) is 11.8 Å². The maximum Gasteiger partial charge on any atom is 0.317 e. The van der Waals surface area contributed by atoms with E-state index in [0.717, 1.165) is 0 Å². The summed E-state index contributed by atoms with van der Waals surface area (Å²) in [6.45, 7) is 3.96. The molecule has 4 N–H and O–H groups in total. The van der Waals surface area contributed by atoms with Gasteiger partial charge in [0.1, 0.15) is 0 Å². The van der Waals surface area contributed by atoms with Gasteiger partial charge in [-0.05, 0) is 20.3 Å². The van der Waals surface area contributed by atoms with E-state index in [9.17, 15) is 14.4 Å². The summed E-state index contributed by atoms with van der Waals surface area (Å²) in [5, 5.41) is 11.3. The average molecular weight is 289 g/mol. The number of carbonyl (C=O) groups excluding carboxylic acids is 2. The molecule has 8 nitrogen and oxygen atoms in total. The van der Waals surface area contributed by atoms with Gasteiger partial charge in [0.15, 0.2) is 0 Å².